The molecule has 182 valence electrons. The standard InChI is InChI=1S/C24H26F4N4O2/c25-19-4-6-20(7-5-19)32-14-12-31(13-15-32)11-1-10-29-17-22-16-23(30-34-22)18-2-8-21(9-3-18)33-24(26,27)28/h2-9,16,29H,1,10-15,17H2. The van der Waals surface area contributed by atoms with Gasteiger partial charge in [-0.25, -0.2) is 4.39 Å². The summed E-state index contributed by atoms with van der Waals surface area (Å²) >= 11 is 0. The Morgan fingerprint density at radius 2 is 1.68 bits per heavy atom. The van der Waals surface area contributed by atoms with Crippen LogP contribution in [0.4, 0.5) is 23.2 Å². The molecule has 0 spiro atoms. The van der Waals surface area contributed by atoms with E-state index in [1.165, 1.54) is 36.4 Å². The number of anilines is 1. The van der Waals surface area contributed by atoms with Crippen molar-refractivity contribution in [2.75, 3.05) is 44.2 Å². The van der Waals surface area contributed by atoms with Crippen molar-refractivity contribution >= 4 is 5.69 Å². The van der Waals surface area contributed by atoms with E-state index >= 15 is 0 Å². The van der Waals surface area contributed by atoms with Gasteiger partial charge in [0.1, 0.15) is 17.3 Å². The number of hydrogen-bond acceptors (Lipinski definition) is 6. The van der Waals surface area contributed by atoms with E-state index in [-0.39, 0.29) is 11.6 Å². The maximum absolute atomic E-state index is 13.1. The minimum atomic E-state index is -4.72. The van der Waals surface area contributed by atoms with E-state index in [9.17, 15) is 17.6 Å². The molecule has 0 radical (unpaired) electrons. The lowest BCUT2D eigenvalue weighted by Gasteiger charge is -2.36. The molecule has 2 heterocycles. The van der Waals surface area contributed by atoms with E-state index in [2.05, 4.69) is 25.0 Å². The summed E-state index contributed by atoms with van der Waals surface area (Å²) in [6.45, 7) is 6.09. The molecule has 10 heteroatoms. The SMILES string of the molecule is Fc1ccc(N2CCN(CCCNCc3cc(-c4ccc(OC(F)(F)F)cc4)no3)CC2)cc1. The molecule has 6 nitrogen and oxygen atoms in total. The molecule has 4 rings (SSSR count). The lowest BCUT2D eigenvalue weighted by Crippen LogP contribution is -2.47. The van der Waals surface area contributed by atoms with Gasteiger partial charge >= 0.3 is 6.36 Å². The van der Waals surface area contributed by atoms with Gasteiger partial charge in [0, 0.05) is 43.5 Å². The largest absolute Gasteiger partial charge is 0.573 e. The molecule has 1 aromatic heterocycles. The van der Waals surface area contributed by atoms with E-state index in [0.717, 1.165) is 51.4 Å². The van der Waals surface area contributed by atoms with Crippen LogP contribution in [0.3, 0.4) is 0 Å². The minimum absolute atomic E-state index is 0.218. The molecule has 1 fully saturated rings. The summed E-state index contributed by atoms with van der Waals surface area (Å²) in [5.41, 5.74) is 2.25. The molecule has 0 bridgehead atoms. The third-order valence-electron chi connectivity index (χ3n) is 5.63. The topological polar surface area (TPSA) is 53.8 Å². The van der Waals surface area contributed by atoms with Crippen molar-refractivity contribution in [3.05, 3.63) is 66.2 Å². The highest BCUT2D eigenvalue weighted by atomic mass is 19.4. The van der Waals surface area contributed by atoms with E-state index in [1.807, 2.05) is 12.1 Å². The van der Waals surface area contributed by atoms with Crippen molar-refractivity contribution in [1.82, 2.24) is 15.4 Å². The first-order valence-corrected chi connectivity index (χ1v) is 11.1. The second kappa shape index (κ2) is 10.9. The highest BCUT2D eigenvalue weighted by Crippen LogP contribution is 2.26. The Morgan fingerprint density at radius 3 is 2.35 bits per heavy atom. The van der Waals surface area contributed by atoms with Crippen LogP contribution in [-0.4, -0.2) is 55.7 Å². The van der Waals surface area contributed by atoms with Crippen molar-refractivity contribution in [1.29, 1.82) is 0 Å². The third kappa shape index (κ3) is 6.94. The number of ether oxygens (including phenoxy) is 1. The first-order chi connectivity index (χ1) is 16.4. The van der Waals surface area contributed by atoms with Gasteiger partial charge in [-0.2, -0.15) is 0 Å². The van der Waals surface area contributed by atoms with Gasteiger partial charge in [0.15, 0.2) is 5.76 Å². The molecule has 2 aromatic carbocycles. The molecule has 1 aliphatic heterocycles. The molecular formula is C24H26F4N4O2. The van der Waals surface area contributed by atoms with Crippen LogP contribution in [0.25, 0.3) is 11.3 Å². The van der Waals surface area contributed by atoms with Crippen molar-refractivity contribution in [3.8, 4) is 17.0 Å². The molecule has 1 aliphatic rings. The fraction of sp³-hybridized carbons (Fsp3) is 0.375. The monoisotopic (exact) mass is 478 g/mol. The molecule has 0 unspecified atom stereocenters. The average Bonchev–Trinajstić information content (AvgIpc) is 3.28. The number of aromatic nitrogens is 1. The smallest absolute Gasteiger partial charge is 0.406 e. The zero-order valence-corrected chi connectivity index (χ0v) is 18.5. The predicted molar refractivity (Wildman–Crippen MR) is 120 cm³/mol. The van der Waals surface area contributed by atoms with Crippen LogP contribution in [0.15, 0.2) is 59.1 Å². The predicted octanol–water partition coefficient (Wildman–Crippen LogP) is 4.68. The van der Waals surface area contributed by atoms with Gasteiger partial charge in [0.2, 0.25) is 0 Å². The molecule has 0 atom stereocenters. The van der Waals surface area contributed by atoms with Crippen molar-refractivity contribution < 1.29 is 26.8 Å². The number of halogens is 4. The number of hydrogen-bond donors (Lipinski definition) is 1. The summed E-state index contributed by atoms with van der Waals surface area (Å²) in [5.74, 6) is 0.155. The average molecular weight is 478 g/mol. The summed E-state index contributed by atoms with van der Waals surface area (Å²) in [5, 5.41) is 7.32. The van der Waals surface area contributed by atoms with Gasteiger partial charge in [-0.05, 0) is 68.0 Å². The molecule has 34 heavy (non-hydrogen) atoms. The van der Waals surface area contributed by atoms with E-state index in [1.54, 1.807) is 6.07 Å². The second-order valence-corrected chi connectivity index (χ2v) is 8.09. The van der Waals surface area contributed by atoms with Gasteiger partial charge in [0.05, 0.1) is 6.54 Å². The van der Waals surface area contributed by atoms with E-state index in [4.69, 9.17) is 4.52 Å². The number of alkyl halides is 3. The number of nitrogens with zero attached hydrogens (tertiary/aromatic N) is 3. The van der Waals surface area contributed by atoms with Gasteiger partial charge in [-0.3, -0.25) is 4.90 Å². The Morgan fingerprint density at radius 1 is 0.971 bits per heavy atom. The molecule has 0 saturated carbocycles. The van der Waals surface area contributed by atoms with Crippen molar-refractivity contribution in [2.45, 2.75) is 19.3 Å². The number of rotatable bonds is 9. The van der Waals surface area contributed by atoms with Gasteiger partial charge < -0.3 is 19.5 Å². The number of benzene rings is 2. The first kappa shape index (κ1) is 24.0. The lowest BCUT2D eigenvalue weighted by atomic mass is 10.1. The minimum Gasteiger partial charge on any atom is -0.406 e. The van der Waals surface area contributed by atoms with E-state index in [0.29, 0.717) is 23.6 Å². The zero-order chi connectivity index (χ0) is 24.0. The summed E-state index contributed by atoms with van der Waals surface area (Å²) in [6, 6.07) is 13.9. The quantitative estimate of drug-likeness (QED) is 0.356. The highest BCUT2D eigenvalue weighted by Gasteiger charge is 2.31. The Kier molecular flexibility index (Phi) is 7.69. The Labute approximate surface area is 195 Å². The van der Waals surface area contributed by atoms with Crippen LogP contribution in [-0.2, 0) is 6.54 Å². The van der Waals surface area contributed by atoms with Gasteiger partial charge in [-0.15, -0.1) is 13.2 Å². The van der Waals surface area contributed by atoms with Gasteiger partial charge in [0.25, 0.3) is 0 Å². The fourth-order valence-corrected chi connectivity index (χ4v) is 3.88. The van der Waals surface area contributed by atoms with Crippen molar-refractivity contribution in [2.24, 2.45) is 0 Å². The van der Waals surface area contributed by atoms with Crippen molar-refractivity contribution in [3.63, 3.8) is 0 Å². The van der Waals surface area contributed by atoms with Crippen LogP contribution < -0.4 is 15.0 Å². The lowest BCUT2D eigenvalue weighted by molar-refractivity contribution is -0.274. The Bertz CT molecular complexity index is 1030. The maximum Gasteiger partial charge on any atom is 0.573 e. The summed E-state index contributed by atoms with van der Waals surface area (Å²) in [7, 11) is 0. The van der Waals surface area contributed by atoms with Crippen LogP contribution in [0.2, 0.25) is 0 Å². The maximum atomic E-state index is 13.1. The van der Waals surface area contributed by atoms with Crippen LogP contribution in [0.5, 0.6) is 5.75 Å². The summed E-state index contributed by atoms with van der Waals surface area (Å²) in [6.07, 6.45) is -3.73. The van der Waals surface area contributed by atoms with Gasteiger partial charge in [-0.1, -0.05) is 5.16 Å². The molecular weight excluding hydrogens is 452 g/mol. The molecule has 3 aromatic rings. The van der Waals surface area contributed by atoms with Crippen LogP contribution in [0, 0.1) is 5.82 Å². The van der Waals surface area contributed by atoms with E-state index < -0.39 is 6.36 Å². The van der Waals surface area contributed by atoms with Crippen LogP contribution in [0.1, 0.15) is 12.2 Å². The zero-order valence-electron chi connectivity index (χ0n) is 18.5. The Balaban J connectivity index is 1.13. The molecule has 1 N–H and O–H groups in total. The first-order valence-electron chi connectivity index (χ1n) is 11.1. The number of piperazine rings is 1. The second-order valence-electron chi connectivity index (χ2n) is 8.09. The normalized spacial score (nSPS) is 15.0. The van der Waals surface area contributed by atoms with Crippen LogP contribution >= 0.6 is 0 Å². The Hall–Kier alpha value is -3.11. The molecule has 0 amide bonds. The molecule has 0 aliphatic carbocycles. The fourth-order valence-electron chi connectivity index (χ4n) is 3.88. The highest BCUT2D eigenvalue weighted by molar-refractivity contribution is 5.59. The molecule has 1 saturated heterocycles. The summed E-state index contributed by atoms with van der Waals surface area (Å²) in [4.78, 5) is 4.69. The summed E-state index contributed by atoms with van der Waals surface area (Å²) < 4.78 is 59.1. The third-order valence-corrected chi connectivity index (χ3v) is 5.63. The number of nitrogens with one attached hydrogen (secondary N) is 1.